The quantitative estimate of drug-likeness (QED) is 0.280. The highest BCUT2D eigenvalue weighted by Gasteiger charge is 2.59. The van der Waals surface area contributed by atoms with Gasteiger partial charge in [-0.3, -0.25) is 4.79 Å². The molecule has 0 spiro atoms. The molecular weight excluding hydrogens is 396 g/mol. The van der Waals surface area contributed by atoms with Gasteiger partial charge in [0.2, 0.25) is 0 Å². The number of aliphatic hydroxyl groups is 5. The van der Waals surface area contributed by atoms with Gasteiger partial charge in [-0.05, 0) is 24.7 Å². The maximum Gasteiger partial charge on any atom is 0.309 e. The van der Waals surface area contributed by atoms with E-state index in [0.29, 0.717) is 12.8 Å². The first-order valence-corrected chi connectivity index (χ1v) is 10.7. The molecule has 0 radical (unpaired) electrons. The number of ether oxygens (including phenoxy) is 3. The van der Waals surface area contributed by atoms with E-state index in [9.17, 15) is 30.3 Å². The molecule has 0 bridgehead atoms. The normalized spacial score (nSPS) is 53.8. The highest BCUT2D eigenvalue weighted by atomic mass is 16.7. The second-order valence-corrected chi connectivity index (χ2v) is 9.35. The largest absolute Gasteiger partial charge is 0.461 e. The van der Waals surface area contributed by atoms with Gasteiger partial charge in [0.05, 0.1) is 24.7 Å². The van der Waals surface area contributed by atoms with Crippen LogP contribution in [0.4, 0.5) is 0 Å². The predicted octanol–water partition coefficient (Wildman–Crippen LogP) is -1.06. The monoisotopic (exact) mass is 428 g/mol. The molecule has 2 heterocycles. The molecule has 2 saturated heterocycles. The Labute approximate surface area is 175 Å². The van der Waals surface area contributed by atoms with E-state index in [1.54, 1.807) is 6.92 Å². The lowest BCUT2D eigenvalue weighted by molar-refractivity contribution is -0.313. The van der Waals surface area contributed by atoms with Crippen molar-refractivity contribution in [3.05, 3.63) is 12.2 Å². The second-order valence-electron chi connectivity index (χ2n) is 9.35. The van der Waals surface area contributed by atoms with E-state index in [2.05, 4.69) is 6.58 Å². The van der Waals surface area contributed by atoms with Gasteiger partial charge in [-0.25, -0.2) is 0 Å². The molecule has 0 aromatic rings. The second kappa shape index (κ2) is 8.12. The van der Waals surface area contributed by atoms with Crippen molar-refractivity contribution in [2.75, 3.05) is 6.61 Å². The molecule has 2 aliphatic heterocycles. The zero-order chi connectivity index (χ0) is 21.9. The van der Waals surface area contributed by atoms with Crippen LogP contribution in [0.5, 0.6) is 0 Å². The third-order valence-corrected chi connectivity index (χ3v) is 7.70. The fraction of sp³-hybridized carbons (Fsp3) is 0.857. The van der Waals surface area contributed by atoms with Crippen LogP contribution in [0.25, 0.3) is 0 Å². The minimum Gasteiger partial charge on any atom is -0.461 e. The molecule has 0 amide bonds. The highest BCUT2D eigenvalue weighted by Crippen LogP contribution is 2.53. The molecule has 0 unspecified atom stereocenters. The van der Waals surface area contributed by atoms with E-state index < -0.39 is 55.4 Å². The molecule has 170 valence electrons. The summed E-state index contributed by atoms with van der Waals surface area (Å²) in [6, 6.07) is 0. The van der Waals surface area contributed by atoms with Crippen molar-refractivity contribution in [3.63, 3.8) is 0 Å². The van der Waals surface area contributed by atoms with Crippen LogP contribution < -0.4 is 0 Å². The zero-order valence-corrected chi connectivity index (χ0v) is 17.2. The summed E-state index contributed by atoms with van der Waals surface area (Å²) in [5.41, 5.74) is 0.886. The van der Waals surface area contributed by atoms with Crippen LogP contribution in [-0.4, -0.2) is 87.1 Å². The number of hydrogen-bond acceptors (Lipinski definition) is 9. The summed E-state index contributed by atoms with van der Waals surface area (Å²) in [5.74, 6) is -1.23. The summed E-state index contributed by atoms with van der Waals surface area (Å²) < 4.78 is 17.2. The van der Waals surface area contributed by atoms with Crippen molar-refractivity contribution in [1.82, 2.24) is 0 Å². The Bertz CT molecular complexity index is 681. The Kier molecular flexibility index (Phi) is 6.00. The first kappa shape index (κ1) is 22.1. The minimum atomic E-state index is -1.51. The van der Waals surface area contributed by atoms with Crippen LogP contribution in [0.1, 0.15) is 26.7 Å². The van der Waals surface area contributed by atoms with E-state index in [1.807, 2.05) is 6.92 Å². The van der Waals surface area contributed by atoms with Crippen LogP contribution >= 0.6 is 0 Å². The SMILES string of the molecule is C=C1C[C@@H](O)[C@H]2[C@@H](OC(=O)[C@H]2C)[C@H]2[C@@H](C)[C@@H](O[C@@H]3O[C@H](CO)[C@@H](O)[C@H](O)[C@H]3O)C[C@@H]12. The van der Waals surface area contributed by atoms with Gasteiger partial charge in [0, 0.05) is 11.8 Å². The molecule has 9 nitrogen and oxygen atoms in total. The van der Waals surface area contributed by atoms with Gasteiger partial charge in [-0.15, -0.1) is 0 Å². The van der Waals surface area contributed by atoms with Crippen molar-refractivity contribution in [3.8, 4) is 0 Å². The zero-order valence-electron chi connectivity index (χ0n) is 17.2. The predicted molar refractivity (Wildman–Crippen MR) is 102 cm³/mol. The summed E-state index contributed by atoms with van der Waals surface area (Å²) in [6.45, 7) is 7.40. The van der Waals surface area contributed by atoms with E-state index in [0.717, 1.165) is 5.57 Å². The molecule has 5 N–H and O–H groups in total. The van der Waals surface area contributed by atoms with Crippen LogP contribution in [0.2, 0.25) is 0 Å². The van der Waals surface area contributed by atoms with Gasteiger partial charge in [0.1, 0.15) is 30.5 Å². The highest BCUT2D eigenvalue weighted by molar-refractivity contribution is 5.75. The Morgan fingerprint density at radius 3 is 2.47 bits per heavy atom. The van der Waals surface area contributed by atoms with Crippen LogP contribution in [0.15, 0.2) is 12.2 Å². The summed E-state index contributed by atoms with van der Waals surface area (Å²) in [6.07, 6.45) is -7.25. The van der Waals surface area contributed by atoms with E-state index in [1.165, 1.54) is 0 Å². The number of aliphatic hydroxyl groups excluding tert-OH is 5. The van der Waals surface area contributed by atoms with Crippen molar-refractivity contribution < 1.29 is 44.5 Å². The fourth-order valence-corrected chi connectivity index (χ4v) is 5.94. The smallest absolute Gasteiger partial charge is 0.309 e. The average Bonchev–Trinajstić information content (AvgIpc) is 3.15. The molecule has 13 atom stereocenters. The number of carbonyl (C=O) groups excluding carboxylic acids is 1. The Balaban J connectivity index is 1.54. The molecule has 0 aromatic carbocycles. The van der Waals surface area contributed by atoms with Gasteiger partial charge >= 0.3 is 5.97 Å². The van der Waals surface area contributed by atoms with E-state index >= 15 is 0 Å². The number of hydrogen-bond donors (Lipinski definition) is 5. The summed E-state index contributed by atoms with van der Waals surface area (Å²) >= 11 is 0. The van der Waals surface area contributed by atoms with Crippen LogP contribution in [0, 0.1) is 29.6 Å². The number of carbonyl (C=O) groups is 1. The summed E-state index contributed by atoms with van der Waals surface area (Å²) in [4.78, 5) is 12.2. The number of esters is 1. The van der Waals surface area contributed by atoms with Gasteiger partial charge < -0.3 is 39.7 Å². The third kappa shape index (κ3) is 3.40. The number of fused-ring (bicyclic) bond motifs is 3. The van der Waals surface area contributed by atoms with Crippen molar-refractivity contribution in [2.24, 2.45) is 29.6 Å². The van der Waals surface area contributed by atoms with Crippen molar-refractivity contribution in [2.45, 2.75) is 75.7 Å². The topological polar surface area (TPSA) is 146 Å². The van der Waals surface area contributed by atoms with Gasteiger partial charge in [0.25, 0.3) is 0 Å². The number of rotatable bonds is 3. The lowest BCUT2D eigenvalue weighted by atomic mass is 9.77. The standard InChI is InChI=1S/C21H32O9/c1-7-4-11(23)15-9(3)20(27)30-19(15)14-8(2)12(5-10(7)14)28-21-18(26)17(25)16(24)13(6-22)29-21/h8-19,21-26H,1,4-6H2,2-3H3/t8-,9-,10-,11+,12-,13+,14-,15-,16+,17-,18+,19-,21+/m0/s1. The van der Waals surface area contributed by atoms with E-state index in [-0.39, 0.29) is 35.7 Å². The molecule has 9 heteroatoms. The van der Waals surface area contributed by atoms with E-state index in [4.69, 9.17) is 14.2 Å². The molecule has 4 fully saturated rings. The molecule has 4 aliphatic rings. The molecular formula is C21H32O9. The summed E-state index contributed by atoms with van der Waals surface area (Å²) in [5, 5.41) is 50.4. The molecule has 30 heavy (non-hydrogen) atoms. The van der Waals surface area contributed by atoms with Crippen molar-refractivity contribution in [1.29, 1.82) is 0 Å². The van der Waals surface area contributed by atoms with Gasteiger partial charge in [-0.2, -0.15) is 0 Å². The average molecular weight is 428 g/mol. The van der Waals surface area contributed by atoms with Crippen LogP contribution in [-0.2, 0) is 19.0 Å². The van der Waals surface area contributed by atoms with Crippen LogP contribution in [0.3, 0.4) is 0 Å². The molecule has 2 saturated carbocycles. The molecule has 4 rings (SSSR count). The lowest BCUT2D eigenvalue weighted by Crippen LogP contribution is -2.59. The fourth-order valence-electron chi connectivity index (χ4n) is 5.94. The minimum absolute atomic E-state index is 0.0300. The first-order chi connectivity index (χ1) is 14.1. The Morgan fingerprint density at radius 2 is 1.80 bits per heavy atom. The van der Waals surface area contributed by atoms with Gasteiger partial charge in [-0.1, -0.05) is 26.0 Å². The molecule has 2 aliphatic carbocycles. The third-order valence-electron chi connectivity index (χ3n) is 7.70. The first-order valence-electron chi connectivity index (χ1n) is 10.7. The Morgan fingerprint density at radius 1 is 1.10 bits per heavy atom. The maximum absolute atomic E-state index is 12.2. The molecule has 0 aromatic heterocycles. The lowest BCUT2D eigenvalue weighted by Gasteiger charge is -2.41. The maximum atomic E-state index is 12.2. The van der Waals surface area contributed by atoms with Crippen molar-refractivity contribution >= 4 is 5.97 Å². The Hall–Kier alpha value is -1.07. The summed E-state index contributed by atoms with van der Waals surface area (Å²) in [7, 11) is 0. The van der Waals surface area contributed by atoms with Gasteiger partial charge in [0.15, 0.2) is 6.29 Å².